The number of ether oxygens (including phenoxy) is 2. The van der Waals surface area contributed by atoms with Gasteiger partial charge in [-0.05, 0) is 132 Å². The molecule has 6 unspecified atom stereocenters. The van der Waals surface area contributed by atoms with Gasteiger partial charge in [-0.1, -0.05) is 55.4 Å². The van der Waals surface area contributed by atoms with Gasteiger partial charge >= 0.3 is 0 Å². The lowest BCUT2D eigenvalue weighted by Crippen LogP contribution is -2.52. The highest BCUT2D eigenvalue weighted by Crippen LogP contribution is 2.42. The molecule has 1 N–H and O–H groups in total. The molecule has 274 valence electrons. The monoisotopic (exact) mass is 676 g/mol. The Labute approximate surface area is 292 Å². The van der Waals surface area contributed by atoms with E-state index in [1.807, 2.05) is 14.2 Å². The van der Waals surface area contributed by atoms with Crippen LogP contribution in [0.25, 0.3) is 0 Å². The van der Waals surface area contributed by atoms with Crippen LogP contribution < -0.4 is 5.32 Å². The van der Waals surface area contributed by atoms with Crippen molar-refractivity contribution >= 4 is 19.7 Å². The highest BCUT2D eigenvalue weighted by molar-refractivity contribution is 6.69. The first-order valence-corrected chi connectivity index (χ1v) is 23.0. The molecule has 0 radical (unpaired) electrons. The Morgan fingerprint density at radius 2 is 1.11 bits per heavy atom. The van der Waals surface area contributed by atoms with Gasteiger partial charge in [0, 0.05) is 44.3 Å². The van der Waals surface area contributed by atoms with Gasteiger partial charge in [0.25, 0.3) is 0 Å². The van der Waals surface area contributed by atoms with Gasteiger partial charge in [0.2, 0.25) is 0 Å². The van der Waals surface area contributed by atoms with Crippen LogP contribution in [0.1, 0.15) is 120 Å². The van der Waals surface area contributed by atoms with Crippen molar-refractivity contribution in [3.8, 4) is 0 Å². The lowest BCUT2D eigenvalue weighted by atomic mass is 9.67. The van der Waals surface area contributed by atoms with E-state index in [0.29, 0.717) is 83.7 Å². The second kappa shape index (κ2) is 18.6. The fraction of sp³-hybridized carbons (Fsp3) is 0.950. The summed E-state index contributed by atoms with van der Waals surface area (Å²) in [5.41, 5.74) is 2.69. The maximum absolute atomic E-state index is 6.34. The number of nitrogens with zero attached hydrogens (tertiary/aromatic N) is 2. The van der Waals surface area contributed by atoms with Gasteiger partial charge < -0.3 is 19.2 Å². The maximum Gasteiger partial charge on any atom is 0.183 e. The van der Waals surface area contributed by atoms with Crippen LogP contribution in [0, 0.1) is 47.3 Å². The largest absolute Gasteiger partial charge is 0.418 e. The lowest BCUT2D eigenvalue weighted by Gasteiger charge is -2.44. The lowest BCUT2D eigenvalue weighted by molar-refractivity contribution is -0.00440. The average Bonchev–Trinajstić information content (AvgIpc) is 3.01. The molecule has 0 spiro atoms. The molecule has 6 atom stereocenters. The van der Waals surface area contributed by atoms with E-state index in [-0.39, 0.29) is 0 Å². The Kier molecular flexibility index (Phi) is 16.1. The summed E-state index contributed by atoms with van der Waals surface area (Å²) in [7, 11) is 2.25. The zero-order valence-corrected chi connectivity index (χ0v) is 34.3. The molecule has 0 amide bonds. The average molecular weight is 676 g/mol. The van der Waals surface area contributed by atoms with E-state index in [1.165, 1.54) is 17.8 Å². The van der Waals surface area contributed by atoms with Crippen LogP contribution >= 0.6 is 0 Å². The predicted molar refractivity (Wildman–Crippen MR) is 205 cm³/mol. The van der Waals surface area contributed by atoms with Crippen molar-refractivity contribution in [3.63, 3.8) is 0 Å². The van der Waals surface area contributed by atoms with Gasteiger partial charge in [0.1, 0.15) is 0 Å². The second-order valence-electron chi connectivity index (χ2n) is 17.9. The van der Waals surface area contributed by atoms with Crippen molar-refractivity contribution in [1.29, 1.82) is 0 Å². The van der Waals surface area contributed by atoms with Gasteiger partial charge in [-0.3, -0.25) is 9.98 Å². The van der Waals surface area contributed by atoms with E-state index in [4.69, 9.17) is 23.9 Å². The molecule has 0 aromatic carbocycles. The fourth-order valence-corrected chi connectivity index (χ4v) is 9.79. The Bertz CT molecular complexity index is 954. The molecule has 1 aliphatic heterocycles. The minimum absolute atomic E-state index is 0.303. The molecule has 47 heavy (non-hydrogen) atoms. The number of aliphatic imine (C=N–C) groups is 2. The molecule has 1 heterocycles. The molecule has 0 bridgehead atoms. The van der Waals surface area contributed by atoms with Crippen molar-refractivity contribution in [3.05, 3.63) is 0 Å². The molecule has 3 fully saturated rings. The number of methoxy groups -OCH3 is 2. The topological polar surface area (TPSA) is 64.4 Å². The molecule has 3 rings (SSSR count). The number of hydrogen-bond acceptors (Lipinski definition) is 6. The molecular formula is C40H77N3O3Si. The molecule has 0 aromatic rings. The second-order valence-corrected chi connectivity index (χ2v) is 22.4. The maximum atomic E-state index is 6.34. The molecule has 3 aliphatic rings. The minimum Gasteiger partial charge on any atom is -0.418 e. The van der Waals surface area contributed by atoms with Crippen LogP contribution in [-0.4, -0.2) is 76.9 Å². The first-order chi connectivity index (χ1) is 22.1. The molecule has 2 aliphatic carbocycles. The predicted octanol–water partition coefficient (Wildman–Crippen LogP) is 9.47. The van der Waals surface area contributed by atoms with Gasteiger partial charge in [-0.25, -0.2) is 0 Å². The standard InChI is InChI=1S/C40H77N3O3Si/c1-25(2)32-21-30(44-10)22-33(26(3)4)39(32)41-29(9)36-17-15-18-37(42-36)38(19-16-20-46-47(12,13)14)43-40-34(27(5)6)23-31(45-11)24-35(40)28(7)8/h25-28,30-37,39-40,42H,15-24H2,1-14H3. The van der Waals surface area contributed by atoms with Gasteiger partial charge in [0.05, 0.1) is 24.3 Å². The molecular weight excluding hydrogens is 599 g/mol. The summed E-state index contributed by atoms with van der Waals surface area (Å²) in [6, 6.07) is 1.33. The Balaban J connectivity index is 1.93. The number of piperidine rings is 1. The van der Waals surface area contributed by atoms with E-state index in [9.17, 15) is 0 Å². The van der Waals surface area contributed by atoms with Gasteiger partial charge in [-0.15, -0.1) is 0 Å². The summed E-state index contributed by atoms with van der Waals surface area (Å²) in [6.45, 7) is 29.2. The van der Waals surface area contributed by atoms with Crippen molar-refractivity contribution in [1.82, 2.24) is 5.32 Å². The summed E-state index contributed by atoms with van der Waals surface area (Å²) in [6.07, 6.45) is 10.8. The quantitative estimate of drug-likeness (QED) is 0.107. The van der Waals surface area contributed by atoms with Crippen LogP contribution in [0.15, 0.2) is 9.98 Å². The van der Waals surface area contributed by atoms with Crippen molar-refractivity contribution in [2.24, 2.45) is 57.3 Å². The summed E-state index contributed by atoms with van der Waals surface area (Å²) in [4.78, 5) is 11.5. The summed E-state index contributed by atoms with van der Waals surface area (Å²) < 4.78 is 18.3. The first-order valence-electron chi connectivity index (χ1n) is 19.6. The van der Waals surface area contributed by atoms with E-state index < -0.39 is 8.32 Å². The number of hydrogen-bond donors (Lipinski definition) is 1. The van der Waals surface area contributed by atoms with Gasteiger partial charge in [-0.2, -0.15) is 0 Å². The molecule has 7 heteroatoms. The highest BCUT2D eigenvalue weighted by atomic mass is 28.4. The SMILES string of the molecule is COC1CC(C(C)C)C(N=C(C)C2CCCC(C(CCCO[Si](C)(C)C)=NC3C(C(C)C)CC(OC)CC3C(C)C)N2)C(C(C)C)C1. The zero-order valence-electron chi connectivity index (χ0n) is 33.3. The summed E-state index contributed by atoms with van der Waals surface area (Å²) in [5, 5.41) is 4.16. The molecule has 2 saturated carbocycles. The van der Waals surface area contributed by atoms with Gasteiger partial charge in [0.15, 0.2) is 8.32 Å². The molecule has 1 saturated heterocycles. The zero-order chi connectivity index (χ0) is 35.1. The Hall–Kier alpha value is -0.603. The number of nitrogens with one attached hydrogen (secondary N) is 1. The first kappa shape index (κ1) is 40.8. The van der Waals surface area contributed by atoms with Crippen molar-refractivity contribution < 1.29 is 13.9 Å². The van der Waals surface area contributed by atoms with Crippen LogP contribution in [0.2, 0.25) is 19.6 Å². The third kappa shape index (κ3) is 11.7. The highest BCUT2D eigenvalue weighted by Gasteiger charge is 2.43. The van der Waals surface area contributed by atoms with Crippen LogP contribution in [0.3, 0.4) is 0 Å². The van der Waals surface area contributed by atoms with Crippen LogP contribution in [-0.2, 0) is 13.9 Å². The number of rotatable bonds is 15. The smallest absolute Gasteiger partial charge is 0.183 e. The fourth-order valence-electron chi connectivity index (χ4n) is 9.04. The van der Waals surface area contributed by atoms with E-state index in [2.05, 4.69) is 87.3 Å². The minimum atomic E-state index is -1.55. The van der Waals surface area contributed by atoms with Crippen molar-refractivity contribution in [2.75, 3.05) is 20.8 Å². The Morgan fingerprint density at radius 3 is 1.51 bits per heavy atom. The summed E-state index contributed by atoms with van der Waals surface area (Å²) >= 11 is 0. The third-order valence-electron chi connectivity index (χ3n) is 12.1. The summed E-state index contributed by atoms with van der Waals surface area (Å²) in [5.74, 6) is 4.55. The molecule has 0 aromatic heterocycles. The van der Waals surface area contributed by atoms with E-state index in [1.54, 1.807) is 0 Å². The molecule has 6 nitrogen and oxygen atoms in total. The van der Waals surface area contributed by atoms with Crippen molar-refractivity contribution in [2.45, 2.75) is 176 Å². The van der Waals surface area contributed by atoms with E-state index >= 15 is 0 Å². The third-order valence-corrected chi connectivity index (χ3v) is 13.1. The van der Waals surface area contributed by atoms with Crippen LogP contribution in [0.5, 0.6) is 0 Å². The van der Waals surface area contributed by atoms with Crippen LogP contribution in [0.4, 0.5) is 0 Å². The normalized spacial score (nSPS) is 35.0. The van der Waals surface area contributed by atoms with E-state index in [0.717, 1.165) is 58.0 Å². The Morgan fingerprint density at radius 1 is 0.681 bits per heavy atom.